The monoisotopic (exact) mass is 304 g/mol. The minimum Gasteiger partial charge on any atom is -0.478 e. The van der Waals surface area contributed by atoms with Crippen molar-refractivity contribution in [3.05, 3.63) is 32.5 Å². The predicted molar refractivity (Wildman–Crippen MR) is 64.5 cm³/mol. The first-order chi connectivity index (χ1) is 8.90. The molecule has 0 atom stereocenters. The van der Waals surface area contributed by atoms with E-state index >= 15 is 0 Å². The van der Waals surface area contributed by atoms with Gasteiger partial charge >= 0.3 is 10.8 Å². The number of sulfonamides is 1. The average molecular weight is 304 g/mol. The Morgan fingerprint density at radius 2 is 2.26 bits per heavy atom. The number of H-pyrrole nitrogens is 2. The molecule has 0 aliphatic rings. The quantitative estimate of drug-likeness (QED) is 0.576. The molecule has 4 N–H and O–H groups in total. The molecule has 0 saturated heterocycles. The highest BCUT2D eigenvalue weighted by Crippen LogP contribution is 2.12. The SMILES string of the molecule is O=C(O)c1cn[nH]c1S(=O)(=O)NCc1csc(=O)[nH]1. The summed E-state index contributed by atoms with van der Waals surface area (Å²) in [5, 5.41) is 15.3. The van der Waals surface area contributed by atoms with Crippen molar-refractivity contribution in [3.63, 3.8) is 0 Å². The third-order valence-electron chi connectivity index (χ3n) is 2.13. The number of aromatic carboxylic acids is 1. The van der Waals surface area contributed by atoms with E-state index in [1.807, 2.05) is 0 Å². The van der Waals surface area contributed by atoms with Crippen molar-refractivity contribution in [3.8, 4) is 0 Å². The van der Waals surface area contributed by atoms with E-state index in [-0.39, 0.29) is 11.4 Å². The molecular weight excluding hydrogens is 296 g/mol. The predicted octanol–water partition coefficient (Wildman–Crippen LogP) is -0.664. The molecule has 11 heteroatoms. The summed E-state index contributed by atoms with van der Waals surface area (Å²) in [6.45, 7) is -0.154. The molecule has 0 radical (unpaired) electrons. The number of nitrogens with one attached hydrogen (secondary N) is 3. The van der Waals surface area contributed by atoms with Gasteiger partial charge in [0.05, 0.1) is 12.7 Å². The van der Waals surface area contributed by atoms with Crippen LogP contribution in [0.1, 0.15) is 16.1 Å². The summed E-state index contributed by atoms with van der Waals surface area (Å²) in [4.78, 5) is 23.8. The van der Waals surface area contributed by atoms with Gasteiger partial charge in [-0.15, -0.1) is 0 Å². The average Bonchev–Trinajstić information content (AvgIpc) is 2.94. The molecule has 0 saturated carbocycles. The van der Waals surface area contributed by atoms with Crippen molar-refractivity contribution in [2.75, 3.05) is 0 Å². The molecule has 0 spiro atoms. The Morgan fingerprint density at radius 3 is 2.84 bits per heavy atom. The summed E-state index contributed by atoms with van der Waals surface area (Å²) >= 11 is 0.900. The maximum atomic E-state index is 11.9. The minimum atomic E-state index is -4.05. The van der Waals surface area contributed by atoms with E-state index in [0.29, 0.717) is 5.69 Å². The second-order valence-electron chi connectivity index (χ2n) is 3.42. The number of aromatic amines is 2. The summed E-state index contributed by atoms with van der Waals surface area (Å²) < 4.78 is 25.9. The third kappa shape index (κ3) is 2.89. The van der Waals surface area contributed by atoms with Gasteiger partial charge < -0.3 is 10.1 Å². The van der Waals surface area contributed by atoms with Crippen LogP contribution in [-0.2, 0) is 16.6 Å². The van der Waals surface area contributed by atoms with Crippen molar-refractivity contribution in [1.82, 2.24) is 19.9 Å². The summed E-state index contributed by atoms with van der Waals surface area (Å²) in [7, 11) is -4.05. The van der Waals surface area contributed by atoms with E-state index in [0.717, 1.165) is 17.5 Å². The number of nitrogens with zero attached hydrogens (tertiary/aromatic N) is 1. The van der Waals surface area contributed by atoms with E-state index in [2.05, 4.69) is 19.9 Å². The zero-order valence-corrected chi connectivity index (χ0v) is 10.8. The van der Waals surface area contributed by atoms with Gasteiger partial charge in [-0.2, -0.15) is 5.10 Å². The Bertz CT molecular complexity index is 756. The van der Waals surface area contributed by atoms with Gasteiger partial charge in [-0.05, 0) is 0 Å². The lowest BCUT2D eigenvalue weighted by Crippen LogP contribution is -2.25. The molecule has 2 aromatic heterocycles. The molecule has 19 heavy (non-hydrogen) atoms. The number of hydrogen-bond acceptors (Lipinski definition) is 6. The fourth-order valence-corrected chi connectivity index (χ4v) is 2.95. The number of carboxylic acids is 1. The lowest BCUT2D eigenvalue weighted by Gasteiger charge is -2.04. The molecule has 9 nitrogen and oxygen atoms in total. The first-order valence-corrected chi connectivity index (χ1v) is 7.19. The van der Waals surface area contributed by atoms with Crippen LogP contribution in [0.2, 0.25) is 0 Å². The van der Waals surface area contributed by atoms with E-state index in [9.17, 15) is 18.0 Å². The van der Waals surface area contributed by atoms with Crippen molar-refractivity contribution in [2.24, 2.45) is 0 Å². The number of carboxylic acid groups (broad SMARTS) is 1. The van der Waals surface area contributed by atoms with Crippen LogP contribution in [0.25, 0.3) is 0 Å². The number of aromatic nitrogens is 3. The van der Waals surface area contributed by atoms with Crippen molar-refractivity contribution >= 4 is 27.3 Å². The Kier molecular flexibility index (Phi) is 3.50. The molecule has 0 fully saturated rings. The molecule has 0 amide bonds. The summed E-state index contributed by atoms with van der Waals surface area (Å²) in [5.74, 6) is -1.40. The highest BCUT2D eigenvalue weighted by molar-refractivity contribution is 7.89. The van der Waals surface area contributed by atoms with E-state index in [1.165, 1.54) is 5.38 Å². The first-order valence-electron chi connectivity index (χ1n) is 4.83. The summed E-state index contributed by atoms with van der Waals surface area (Å²) in [5.41, 5.74) is -0.0683. The minimum absolute atomic E-state index is 0.154. The lowest BCUT2D eigenvalue weighted by molar-refractivity contribution is 0.0692. The number of hydrogen-bond donors (Lipinski definition) is 4. The lowest BCUT2D eigenvalue weighted by atomic mass is 10.4. The van der Waals surface area contributed by atoms with Gasteiger partial charge in [-0.3, -0.25) is 9.89 Å². The molecule has 0 aliphatic carbocycles. The maximum absolute atomic E-state index is 11.9. The van der Waals surface area contributed by atoms with Gasteiger partial charge in [0.15, 0.2) is 5.03 Å². The van der Waals surface area contributed by atoms with Crippen LogP contribution >= 0.6 is 11.3 Å². The topological polar surface area (TPSA) is 145 Å². The number of thiazole rings is 1. The Labute approximate surface area is 110 Å². The van der Waals surface area contributed by atoms with E-state index in [1.54, 1.807) is 0 Å². The van der Waals surface area contributed by atoms with Crippen molar-refractivity contribution < 1.29 is 18.3 Å². The molecule has 2 rings (SSSR count). The first kappa shape index (κ1) is 13.5. The maximum Gasteiger partial charge on any atom is 0.340 e. The highest BCUT2D eigenvalue weighted by atomic mass is 32.2. The van der Waals surface area contributed by atoms with Crippen LogP contribution in [0.5, 0.6) is 0 Å². The molecule has 0 unspecified atom stereocenters. The van der Waals surface area contributed by atoms with Crippen LogP contribution in [0.15, 0.2) is 21.4 Å². The largest absolute Gasteiger partial charge is 0.478 e. The van der Waals surface area contributed by atoms with Gasteiger partial charge in [0, 0.05) is 11.1 Å². The second-order valence-corrected chi connectivity index (χ2v) is 5.96. The normalized spacial score (nSPS) is 11.6. The standard InChI is InChI=1S/C8H8N4O5S2/c13-7(14)5-2-9-12-6(5)19(16,17)10-1-4-3-18-8(15)11-4/h2-3,10H,1H2,(H,9,12)(H,11,15)(H,13,14). The van der Waals surface area contributed by atoms with Gasteiger partial charge in [0.1, 0.15) is 5.56 Å². The zero-order chi connectivity index (χ0) is 14.0. The van der Waals surface area contributed by atoms with Gasteiger partial charge in [0.25, 0.3) is 10.0 Å². The van der Waals surface area contributed by atoms with Crippen molar-refractivity contribution in [1.29, 1.82) is 0 Å². The molecule has 0 aromatic carbocycles. The molecule has 2 aromatic rings. The van der Waals surface area contributed by atoms with Crippen LogP contribution < -0.4 is 9.60 Å². The molecular formula is C8H8N4O5S2. The Morgan fingerprint density at radius 1 is 1.53 bits per heavy atom. The van der Waals surface area contributed by atoms with Crippen LogP contribution in [0.3, 0.4) is 0 Å². The van der Waals surface area contributed by atoms with Gasteiger partial charge in [-0.25, -0.2) is 17.9 Å². The Hall–Kier alpha value is -1.98. The smallest absolute Gasteiger partial charge is 0.340 e. The van der Waals surface area contributed by atoms with Crippen molar-refractivity contribution in [2.45, 2.75) is 11.6 Å². The summed E-state index contributed by atoms with van der Waals surface area (Å²) in [6, 6.07) is 0. The fourth-order valence-electron chi connectivity index (χ4n) is 1.28. The third-order valence-corrected chi connectivity index (χ3v) is 4.22. The highest BCUT2D eigenvalue weighted by Gasteiger charge is 2.24. The molecule has 102 valence electrons. The van der Waals surface area contributed by atoms with E-state index < -0.39 is 26.6 Å². The fraction of sp³-hybridized carbons (Fsp3) is 0.125. The summed E-state index contributed by atoms with van der Waals surface area (Å²) in [6.07, 6.45) is 0.906. The molecule has 0 aliphatic heterocycles. The zero-order valence-electron chi connectivity index (χ0n) is 9.21. The number of rotatable bonds is 5. The van der Waals surface area contributed by atoms with Crippen LogP contribution in [0.4, 0.5) is 0 Å². The van der Waals surface area contributed by atoms with Crippen LogP contribution in [-0.4, -0.2) is 34.7 Å². The Balaban J connectivity index is 2.21. The molecule has 0 bridgehead atoms. The second kappa shape index (κ2) is 4.95. The van der Waals surface area contributed by atoms with Gasteiger partial charge in [0.2, 0.25) is 0 Å². The van der Waals surface area contributed by atoms with Crippen LogP contribution in [0, 0.1) is 0 Å². The number of carbonyl (C=O) groups is 1. The van der Waals surface area contributed by atoms with E-state index in [4.69, 9.17) is 5.11 Å². The van der Waals surface area contributed by atoms with Gasteiger partial charge in [-0.1, -0.05) is 11.3 Å². The molecule has 2 heterocycles.